The van der Waals surface area contributed by atoms with Crippen molar-refractivity contribution in [3.63, 3.8) is 0 Å². The summed E-state index contributed by atoms with van der Waals surface area (Å²) in [5.74, 6) is -0.419. The summed E-state index contributed by atoms with van der Waals surface area (Å²) < 4.78 is 0. The number of hydrogen-bond donors (Lipinski definition) is 1. The minimum Gasteiger partial charge on any atom is -0.476 e. The molecule has 98 valence electrons. The van der Waals surface area contributed by atoms with Gasteiger partial charge in [-0.1, -0.05) is 0 Å². The second-order valence-corrected chi connectivity index (χ2v) is 4.11. The quantitative estimate of drug-likeness (QED) is 0.869. The minimum absolute atomic E-state index is 0.0497. The number of rotatable bonds is 5. The molecule has 0 saturated heterocycles. The molecule has 0 fully saturated rings. The summed E-state index contributed by atoms with van der Waals surface area (Å²) in [7, 11) is 1.89. The van der Waals surface area contributed by atoms with Crippen LogP contribution < -0.4 is 4.90 Å². The highest BCUT2D eigenvalue weighted by Crippen LogP contribution is 2.09. The summed E-state index contributed by atoms with van der Waals surface area (Å²) in [6.45, 7) is 0.769. The third-order valence-electron chi connectivity index (χ3n) is 2.75. The Morgan fingerprint density at radius 1 is 1.21 bits per heavy atom. The lowest BCUT2D eigenvalue weighted by Gasteiger charge is -2.17. The molecule has 6 heteroatoms. The number of carbonyl (C=O) groups is 1. The van der Waals surface area contributed by atoms with E-state index in [9.17, 15) is 4.79 Å². The highest BCUT2D eigenvalue weighted by molar-refractivity contribution is 5.85. The molecule has 0 aliphatic heterocycles. The predicted molar refractivity (Wildman–Crippen MR) is 70.2 cm³/mol. The van der Waals surface area contributed by atoms with Crippen LogP contribution in [0.5, 0.6) is 0 Å². The lowest BCUT2D eigenvalue weighted by atomic mass is 10.2. The van der Waals surface area contributed by atoms with E-state index in [1.54, 1.807) is 18.5 Å². The first-order valence-corrected chi connectivity index (χ1v) is 5.84. The van der Waals surface area contributed by atoms with Crippen LogP contribution in [0.15, 0.2) is 36.7 Å². The van der Waals surface area contributed by atoms with E-state index < -0.39 is 5.97 Å². The smallest absolute Gasteiger partial charge is 0.356 e. The van der Waals surface area contributed by atoms with Gasteiger partial charge in [0, 0.05) is 26.0 Å². The Bertz CT molecular complexity index is 542. The van der Waals surface area contributed by atoms with Crippen LogP contribution in [0, 0.1) is 0 Å². The zero-order valence-corrected chi connectivity index (χ0v) is 10.5. The first-order chi connectivity index (χ1) is 9.16. The van der Waals surface area contributed by atoms with E-state index in [2.05, 4.69) is 15.2 Å². The molecule has 0 atom stereocenters. The summed E-state index contributed by atoms with van der Waals surface area (Å²) in [6.07, 6.45) is 4.38. The number of aromatic carboxylic acids is 1. The Hall–Kier alpha value is -2.50. The van der Waals surface area contributed by atoms with E-state index in [4.69, 9.17) is 5.11 Å². The molecule has 19 heavy (non-hydrogen) atoms. The van der Waals surface area contributed by atoms with E-state index in [1.165, 1.54) is 11.6 Å². The molecule has 6 nitrogen and oxygen atoms in total. The average molecular weight is 258 g/mol. The molecular formula is C13H14N4O2. The molecule has 0 spiro atoms. The average Bonchev–Trinajstić information content (AvgIpc) is 2.46. The van der Waals surface area contributed by atoms with Crippen molar-refractivity contribution in [3.8, 4) is 0 Å². The van der Waals surface area contributed by atoms with E-state index in [-0.39, 0.29) is 5.69 Å². The molecule has 0 radical (unpaired) electrons. The van der Waals surface area contributed by atoms with Crippen LogP contribution in [0.3, 0.4) is 0 Å². The second kappa shape index (κ2) is 5.90. The summed E-state index contributed by atoms with van der Waals surface area (Å²) >= 11 is 0. The lowest BCUT2D eigenvalue weighted by molar-refractivity contribution is 0.0689. The number of likely N-dealkylation sites (N-methyl/N-ethyl adjacent to an activating group) is 1. The van der Waals surface area contributed by atoms with Crippen LogP contribution in [0.1, 0.15) is 16.1 Å². The van der Waals surface area contributed by atoms with Crippen LogP contribution in [0.4, 0.5) is 5.82 Å². The first kappa shape index (κ1) is 12.9. The van der Waals surface area contributed by atoms with Crippen molar-refractivity contribution < 1.29 is 9.90 Å². The van der Waals surface area contributed by atoms with E-state index >= 15 is 0 Å². The van der Waals surface area contributed by atoms with Crippen LogP contribution >= 0.6 is 0 Å². The highest BCUT2D eigenvalue weighted by Gasteiger charge is 2.07. The predicted octanol–water partition coefficient (Wildman–Crippen LogP) is 1.25. The number of carboxylic acid groups (broad SMARTS) is 1. The van der Waals surface area contributed by atoms with Gasteiger partial charge in [0.25, 0.3) is 0 Å². The number of pyridine rings is 1. The SMILES string of the molecule is CN(CCc1ccncc1)c1ccc(C(=O)O)nn1. The van der Waals surface area contributed by atoms with Crippen molar-refractivity contribution in [2.75, 3.05) is 18.5 Å². The molecule has 2 heterocycles. The lowest BCUT2D eigenvalue weighted by Crippen LogP contribution is -2.22. The van der Waals surface area contributed by atoms with Gasteiger partial charge in [0.1, 0.15) is 0 Å². The molecule has 1 N–H and O–H groups in total. The normalized spacial score (nSPS) is 10.2. The molecular weight excluding hydrogens is 244 g/mol. The molecule has 0 amide bonds. The first-order valence-electron chi connectivity index (χ1n) is 5.84. The zero-order chi connectivity index (χ0) is 13.7. The van der Waals surface area contributed by atoms with Gasteiger partial charge in [-0.05, 0) is 36.2 Å². The maximum absolute atomic E-state index is 10.7. The molecule has 0 bridgehead atoms. The second-order valence-electron chi connectivity index (χ2n) is 4.11. The molecule has 0 unspecified atom stereocenters. The number of carboxylic acids is 1. The van der Waals surface area contributed by atoms with Crippen molar-refractivity contribution in [2.24, 2.45) is 0 Å². The Morgan fingerprint density at radius 2 is 1.95 bits per heavy atom. The number of aromatic nitrogens is 3. The Kier molecular flexibility index (Phi) is 4.02. The summed E-state index contributed by atoms with van der Waals surface area (Å²) in [4.78, 5) is 16.6. The fourth-order valence-corrected chi connectivity index (χ4v) is 1.60. The maximum atomic E-state index is 10.7. The van der Waals surface area contributed by atoms with Crippen LogP contribution in [-0.2, 0) is 6.42 Å². The van der Waals surface area contributed by atoms with Gasteiger partial charge in [0.2, 0.25) is 0 Å². The Morgan fingerprint density at radius 3 is 2.53 bits per heavy atom. The Balaban J connectivity index is 1.96. The van der Waals surface area contributed by atoms with Crippen LogP contribution in [0.25, 0.3) is 0 Å². The summed E-state index contributed by atoms with van der Waals surface area (Å²) in [5.41, 5.74) is 1.14. The standard InChI is InChI=1S/C13H14N4O2/c1-17(9-6-10-4-7-14-8-5-10)12-3-2-11(13(18)19)15-16-12/h2-5,7-8H,6,9H2,1H3,(H,18,19). The maximum Gasteiger partial charge on any atom is 0.356 e. The van der Waals surface area contributed by atoms with Gasteiger partial charge in [0.05, 0.1) is 0 Å². The van der Waals surface area contributed by atoms with E-state index in [1.807, 2.05) is 24.1 Å². The molecule has 0 aliphatic rings. The van der Waals surface area contributed by atoms with Crippen LogP contribution in [-0.4, -0.2) is 39.8 Å². The molecule has 2 aromatic heterocycles. The summed E-state index contributed by atoms with van der Waals surface area (Å²) in [5, 5.41) is 16.3. The van der Waals surface area contributed by atoms with Gasteiger partial charge in [-0.15, -0.1) is 10.2 Å². The van der Waals surface area contributed by atoms with Gasteiger partial charge in [-0.3, -0.25) is 4.98 Å². The number of nitrogens with zero attached hydrogens (tertiary/aromatic N) is 4. The topological polar surface area (TPSA) is 79.2 Å². The molecule has 0 saturated carbocycles. The van der Waals surface area contributed by atoms with Crippen molar-refractivity contribution in [2.45, 2.75) is 6.42 Å². The fraction of sp³-hybridized carbons (Fsp3) is 0.231. The molecule has 0 aromatic carbocycles. The van der Waals surface area contributed by atoms with Gasteiger partial charge < -0.3 is 10.0 Å². The van der Waals surface area contributed by atoms with Crippen molar-refractivity contribution >= 4 is 11.8 Å². The zero-order valence-electron chi connectivity index (χ0n) is 10.5. The number of anilines is 1. The van der Waals surface area contributed by atoms with Crippen molar-refractivity contribution in [3.05, 3.63) is 47.9 Å². The van der Waals surface area contributed by atoms with Crippen LogP contribution in [0.2, 0.25) is 0 Å². The van der Waals surface area contributed by atoms with Gasteiger partial charge >= 0.3 is 5.97 Å². The monoisotopic (exact) mass is 258 g/mol. The van der Waals surface area contributed by atoms with Gasteiger partial charge in [0.15, 0.2) is 11.5 Å². The van der Waals surface area contributed by atoms with Gasteiger partial charge in [-0.25, -0.2) is 4.79 Å². The third kappa shape index (κ3) is 3.48. The van der Waals surface area contributed by atoms with E-state index in [0.717, 1.165) is 13.0 Å². The minimum atomic E-state index is -1.07. The Labute approximate surface area is 110 Å². The van der Waals surface area contributed by atoms with Gasteiger partial charge in [-0.2, -0.15) is 0 Å². The largest absolute Gasteiger partial charge is 0.476 e. The van der Waals surface area contributed by atoms with E-state index in [0.29, 0.717) is 5.82 Å². The van der Waals surface area contributed by atoms with Crippen molar-refractivity contribution in [1.29, 1.82) is 0 Å². The summed E-state index contributed by atoms with van der Waals surface area (Å²) in [6, 6.07) is 7.04. The molecule has 2 rings (SSSR count). The van der Waals surface area contributed by atoms with Crippen molar-refractivity contribution in [1.82, 2.24) is 15.2 Å². The molecule has 0 aliphatic carbocycles. The molecule has 2 aromatic rings. The fourth-order valence-electron chi connectivity index (χ4n) is 1.60. The highest BCUT2D eigenvalue weighted by atomic mass is 16.4. The third-order valence-corrected chi connectivity index (χ3v) is 2.75. The number of hydrogen-bond acceptors (Lipinski definition) is 5.